The largest absolute Gasteiger partial charge is 0.365 e. The molecule has 0 aliphatic rings. The molecular formula is C10H8N4O. The molecule has 0 fully saturated rings. The Balaban J connectivity index is 2.84. The minimum Gasteiger partial charge on any atom is -0.365 e. The van der Waals surface area contributed by atoms with Crippen molar-refractivity contribution in [1.29, 1.82) is 0 Å². The maximum absolute atomic E-state index is 11.3. The van der Waals surface area contributed by atoms with Gasteiger partial charge in [-0.1, -0.05) is 5.92 Å². The third-order valence-electron chi connectivity index (χ3n) is 1.97. The first-order valence-electron chi connectivity index (χ1n) is 4.28. The van der Waals surface area contributed by atoms with Crippen molar-refractivity contribution in [2.24, 2.45) is 5.73 Å². The number of hydrogen-bond donors (Lipinski definition) is 2. The van der Waals surface area contributed by atoms with Gasteiger partial charge in [-0.25, -0.2) is 9.97 Å². The first kappa shape index (κ1) is 9.21. The summed E-state index contributed by atoms with van der Waals surface area (Å²) >= 11 is 0. The monoisotopic (exact) mass is 200 g/mol. The Hall–Kier alpha value is -2.35. The number of nitrogens with zero attached hydrogens (tertiary/aromatic N) is 2. The maximum atomic E-state index is 11.3. The van der Waals surface area contributed by atoms with Crippen LogP contribution < -0.4 is 5.73 Å². The summed E-state index contributed by atoms with van der Waals surface area (Å²) in [5, 5.41) is 0.600. The average molecular weight is 200 g/mol. The van der Waals surface area contributed by atoms with Crippen LogP contribution in [0.4, 0.5) is 0 Å². The van der Waals surface area contributed by atoms with Crippen LogP contribution in [0.2, 0.25) is 0 Å². The second-order valence-electron chi connectivity index (χ2n) is 2.90. The highest BCUT2D eigenvalue weighted by Gasteiger charge is 2.15. The summed E-state index contributed by atoms with van der Waals surface area (Å²) in [4.78, 5) is 22.0. The summed E-state index contributed by atoms with van der Waals surface area (Å²) in [5.41, 5.74) is 6.67. The molecule has 2 heterocycles. The van der Waals surface area contributed by atoms with Crippen LogP contribution in [0.25, 0.3) is 11.0 Å². The van der Waals surface area contributed by atoms with Gasteiger partial charge in [0.15, 0.2) is 0 Å². The van der Waals surface area contributed by atoms with Crippen LogP contribution >= 0.6 is 0 Å². The third kappa shape index (κ3) is 1.42. The SMILES string of the molecule is CC#Cc1[nH]c2ncncc2c1C(N)=O. The predicted molar refractivity (Wildman–Crippen MR) is 55.0 cm³/mol. The lowest BCUT2D eigenvalue weighted by atomic mass is 10.2. The molecule has 0 saturated carbocycles. The van der Waals surface area contributed by atoms with E-state index in [1.54, 1.807) is 13.1 Å². The van der Waals surface area contributed by atoms with Crippen molar-refractivity contribution in [2.75, 3.05) is 0 Å². The zero-order valence-electron chi connectivity index (χ0n) is 8.03. The summed E-state index contributed by atoms with van der Waals surface area (Å²) in [6.07, 6.45) is 2.94. The van der Waals surface area contributed by atoms with Gasteiger partial charge < -0.3 is 10.7 Å². The topological polar surface area (TPSA) is 84.7 Å². The number of H-pyrrole nitrogens is 1. The molecule has 0 saturated heterocycles. The van der Waals surface area contributed by atoms with Crippen LogP contribution in [0.15, 0.2) is 12.5 Å². The third-order valence-corrected chi connectivity index (χ3v) is 1.97. The number of nitrogens with one attached hydrogen (secondary N) is 1. The van der Waals surface area contributed by atoms with E-state index in [-0.39, 0.29) is 0 Å². The van der Waals surface area contributed by atoms with Crippen LogP contribution in [-0.4, -0.2) is 20.9 Å². The van der Waals surface area contributed by atoms with Crippen molar-refractivity contribution >= 4 is 16.9 Å². The van der Waals surface area contributed by atoms with Gasteiger partial charge in [-0.15, -0.1) is 0 Å². The van der Waals surface area contributed by atoms with Gasteiger partial charge in [0.1, 0.15) is 17.7 Å². The lowest BCUT2D eigenvalue weighted by Crippen LogP contribution is -2.12. The molecule has 0 aromatic carbocycles. The number of hydrogen-bond acceptors (Lipinski definition) is 3. The lowest BCUT2D eigenvalue weighted by Gasteiger charge is -1.91. The van der Waals surface area contributed by atoms with E-state index in [2.05, 4.69) is 26.8 Å². The van der Waals surface area contributed by atoms with Crippen molar-refractivity contribution < 1.29 is 4.79 Å². The Kier molecular flexibility index (Phi) is 2.10. The zero-order valence-corrected chi connectivity index (χ0v) is 8.03. The normalized spacial score (nSPS) is 9.67. The van der Waals surface area contributed by atoms with E-state index in [1.165, 1.54) is 6.33 Å². The van der Waals surface area contributed by atoms with E-state index in [0.717, 1.165) is 0 Å². The summed E-state index contributed by atoms with van der Waals surface area (Å²) in [5.74, 6) is 4.94. The Morgan fingerprint density at radius 1 is 1.60 bits per heavy atom. The molecule has 15 heavy (non-hydrogen) atoms. The molecule has 5 nitrogen and oxygen atoms in total. The van der Waals surface area contributed by atoms with Crippen LogP contribution in [0.5, 0.6) is 0 Å². The van der Waals surface area contributed by atoms with Crippen LogP contribution in [0, 0.1) is 11.8 Å². The predicted octanol–water partition coefficient (Wildman–Crippen LogP) is 0.428. The second kappa shape index (κ2) is 3.42. The molecule has 3 N–H and O–H groups in total. The summed E-state index contributed by atoms with van der Waals surface area (Å²) in [6.45, 7) is 1.68. The smallest absolute Gasteiger partial charge is 0.252 e. The number of aromatic nitrogens is 3. The van der Waals surface area contributed by atoms with Crippen LogP contribution in [0.1, 0.15) is 23.0 Å². The van der Waals surface area contributed by atoms with Gasteiger partial charge in [0.05, 0.1) is 10.9 Å². The number of carbonyl (C=O) groups excluding carboxylic acids is 1. The molecule has 0 atom stereocenters. The molecule has 0 spiro atoms. The van der Waals surface area contributed by atoms with Crippen LogP contribution in [0.3, 0.4) is 0 Å². The number of aromatic amines is 1. The minimum atomic E-state index is -0.534. The van der Waals surface area contributed by atoms with E-state index in [0.29, 0.717) is 22.3 Å². The quantitative estimate of drug-likeness (QED) is 0.654. The van der Waals surface area contributed by atoms with Crippen molar-refractivity contribution in [1.82, 2.24) is 15.0 Å². The highest BCUT2D eigenvalue weighted by molar-refractivity contribution is 6.07. The van der Waals surface area contributed by atoms with Gasteiger partial charge in [-0.2, -0.15) is 0 Å². The molecule has 74 valence electrons. The van der Waals surface area contributed by atoms with E-state index in [9.17, 15) is 4.79 Å². The van der Waals surface area contributed by atoms with Gasteiger partial charge in [-0.3, -0.25) is 4.79 Å². The fraction of sp³-hybridized carbons (Fsp3) is 0.100. The van der Waals surface area contributed by atoms with E-state index in [4.69, 9.17) is 5.73 Å². The molecule has 0 aliphatic heterocycles. The standard InChI is InChI=1S/C10H8N4O/c1-2-3-7-8(9(11)15)6-4-12-5-13-10(6)14-7/h4-5H,1H3,(H2,11,15)(H,12,13,14). The Morgan fingerprint density at radius 3 is 3.07 bits per heavy atom. The van der Waals surface area contributed by atoms with Gasteiger partial charge in [0.2, 0.25) is 0 Å². The molecule has 2 rings (SSSR count). The lowest BCUT2D eigenvalue weighted by molar-refractivity contribution is 0.100. The Bertz CT molecular complexity index is 588. The van der Waals surface area contributed by atoms with Gasteiger partial charge >= 0.3 is 0 Å². The maximum Gasteiger partial charge on any atom is 0.252 e. The summed E-state index contributed by atoms with van der Waals surface area (Å²) < 4.78 is 0. The number of carbonyl (C=O) groups is 1. The number of amides is 1. The molecule has 0 radical (unpaired) electrons. The van der Waals surface area contributed by atoms with Crippen molar-refractivity contribution in [3.05, 3.63) is 23.8 Å². The summed E-state index contributed by atoms with van der Waals surface area (Å²) in [6, 6.07) is 0. The van der Waals surface area contributed by atoms with Crippen molar-refractivity contribution in [3.8, 4) is 11.8 Å². The number of primary amides is 1. The Labute approximate surface area is 85.7 Å². The highest BCUT2D eigenvalue weighted by Crippen LogP contribution is 2.18. The highest BCUT2D eigenvalue weighted by atomic mass is 16.1. The van der Waals surface area contributed by atoms with Gasteiger partial charge in [0, 0.05) is 6.20 Å². The van der Waals surface area contributed by atoms with E-state index < -0.39 is 5.91 Å². The second-order valence-corrected chi connectivity index (χ2v) is 2.90. The minimum absolute atomic E-state index is 0.347. The van der Waals surface area contributed by atoms with Crippen molar-refractivity contribution in [2.45, 2.75) is 6.92 Å². The molecular weight excluding hydrogens is 192 g/mol. The molecule has 2 aromatic heterocycles. The van der Waals surface area contributed by atoms with Crippen molar-refractivity contribution in [3.63, 3.8) is 0 Å². The summed E-state index contributed by atoms with van der Waals surface area (Å²) in [7, 11) is 0. The Morgan fingerprint density at radius 2 is 2.40 bits per heavy atom. The van der Waals surface area contributed by atoms with E-state index >= 15 is 0 Å². The fourth-order valence-electron chi connectivity index (χ4n) is 1.40. The fourth-order valence-corrected chi connectivity index (χ4v) is 1.40. The first-order chi connectivity index (χ1) is 7.24. The van der Waals surface area contributed by atoms with E-state index in [1.807, 2.05) is 0 Å². The molecule has 0 unspecified atom stereocenters. The number of fused-ring (bicyclic) bond motifs is 1. The first-order valence-corrected chi connectivity index (χ1v) is 4.28. The molecule has 0 aliphatic carbocycles. The average Bonchev–Trinajstić information content (AvgIpc) is 2.56. The molecule has 0 bridgehead atoms. The number of nitrogens with two attached hydrogens (primary N) is 1. The molecule has 5 heteroatoms. The van der Waals surface area contributed by atoms with Gasteiger partial charge in [-0.05, 0) is 12.8 Å². The van der Waals surface area contributed by atoms with Gasteiger partial charge in [0.25, 0.3) is 5.91 Å². The van der Waals surface area contributed by atoms with Crippen LogP contribution in [-0.2, 0) is 0 Å². The molecule has 2 aromatic rings. The number of rotatable bonds is 1. The molecule has 1 amide bonds. The zero-order chi connectivity index (χ0) is 10.8.